The lowest BCUT2D eigenvalue weighted by Gasteiger charge is -2.11. The second kappa shape index (κ2) is 16.6. The van der Waals surface area contributed by atoms with Gasteiger partial charge in [-0.1, -0.05) is 41.5 Å². The summed E-state index contributed by atoms with van der Waals surface area (Å²) in [7, 11) is 4.87. The molecule has 114 valence electrons. The van der Waals surface area contributed by atoms with Gasteiger partial charge in [0.2, 0.25) is 0 Å². The summed E-state index contributed by atoms with van der Waals surface area (Å²) in [5.41, 5.74) is 0.978. The molecular weight excluding hydrogens is 240 g/mol. The van der Waals surface area contributed by atoms with Crippen LogP contribution in [0.3, 0.4) is 0 Å². The molecule has 0 aliphatic heterocycles. The molecule has 0 spiro atoms. The van der Waals surface area contributed by atoms with Crippen molar-refractivity contribution in [2.24, 2.45) is 0 Å². The van der Waals surface area contributed by atoms with Gasteiger partial charge in [0.25, 0.3) is 0 Å². The molecule has 0 radical (unpaired) electrons. The molecule has 1 aromatic carbocycles. The van der Waals surface area contributed by atoms with E-state index in [1.807, 2.05) is 60.6 Å². The minimum Gasteiger partial charge on any atom is -0.496 e. The van der Waals surface area contributed by atoms with Crippen molar-refractivity contribution < 1.29 is 14.2 Å². The largest absolute Gasteiger partial charge is 0.496 e. The number of methoxy groups -OCH3 is 3. The highest BCUT2D eigenvalue weighted by molar-refractivity contribution is 5.49. The molecular formula is C16H32O3. The molecule has 0 aromatic heterocycles. The molecule has 0 unspecified atom stereocenters. The highest BCUT2D eigenvalue weighted by atomic mass is 16.5. The van der Waals surface area contributed by atoms with Gasteiger partial charge < -0.3 is 14.2 Å². The molecule has 1 rings (SSSR count). The van der Waals surface area contributed by atoms with Crippen molar-refractivity contribution in [3.8, 4) is 17.2 Å². The fourth-order valence-electron chi connectivity index (χ4n) is 1.18. The molecule has 0 heterocycles. The van der Waals surface area contributed by atoms with Crippen molar-refractivity contribution >= 4 is 0 Å². The lowest BCUT2D eigenvalue weighted by molar-refractivity contribution is 0.371. The highest BCUT2D eigenvalue weighted by Crippen LogP contribution is 2.32. The third-order valence-electron chi connectivity index (χ3n) is 1.96. The summed E-state index contributed by atoms with van der Waals surface area (Å²) in [4.78, 5) is 0. The van der Waals surface area contributed by atoms with E-state index in [2.05, 4.69) is 0 Å². The van der Waals surface area contributed by atoms with Gasteiger partial charge in [0.15, 0.2) is 0 Å². The number of rotatable bonds is 3. The maximum absolute atomic E-state index is 5.17. The van der Waals surface area contributed by atoms with Crippen molar-refractivity contribution in [1.82, 2.24) is 0 Å². The normalized spacial score (nSPS) is 7.47. The predicted molar refractivity (Wildman–Crippen MR) is 84.9 cm³/mol. The molecule has 0 saturated heterocycles. The maximum Gasteiger partial charge on any atom is 0.129 e. The highest BCUT2D eigenvalue weighted by Gasteiger charge is 2.07. The SMILES string of the molecule is CC.CC.CC.COc1cc(OC)c(C)c(OC)c1. The zero-order valence-corrected chi connectivity index (χ0v) is 14.4. The van der Waals surface area contributed by atoms with Crippen LogP contribution in [0, 0.1) is 6.92 Å². The van der Waals surface area contributed by atoms with Crippen molar-refractivity contribution in [2.75, 3.05) is 21.3 Å². The van der Waals surface area contributed by atoms with E-state index in [0.29, 0.717) is 0 Å². The van der Waals surface area contributed by atoms with Gasteiger partial charge in [0.05, 0.1) is 21.3 Å². The van der Waals surface area contributed by atoms with Crippen LogP contribution in [0.25, 0.3) is 0 Å². The Morgan fingerprint density at radius 1 is 0.632 bits per heavy atom. The average Bonchev–Trinajstić information content (AvgIpc) is 2.53. The molecule has 0 amide bonds. The molecule has 0 N–H and O–H groups in total. The maximum atomic E-state index is 5.17. The van der Waals surface area contributed by atoms with Crippen molar-refractivity contribution in [3.05, 3.63) is 17.7 Å². The molecule has 1 aromatic rings. The number of hydrogen-bond acceptors (Lipinski definition) is 3. The quantitative estimate of drug-likeness (QED) is 0.766. The van der Waals surface area contributed by atoms with Gasteiger partial charge in [-0.25, -0.2) is 0 Å². The summed E-state index contributed by atoms with van der Waals surface area (Å²) in [5, 5.41) is 0. The van der Waals surface area contributed by atoms with E-state index in [1.165, 1.54) is 0 Å². The van der Waals surface area contributed by atoms with E-state index in [1.54, 1.807) is 21.3 Å². The Hall–Kier alpha value is -1.38. The van der Waals surface area contributed by atoms with Crippen LogP contribution < -0.4 is 14.2 Å². The summed E-state index contributed by atoms with van der Waals surface area (Å²) in [6, 6.07) is 3.66. The Labute approximate surface area is 119 Å². The van der Waals surface area contributed by atoms with Crippen LogP contribution in [0.15, 0.2) is 12.1 Å². The first kappa shape index (κ1) is 22.8. The lowest BCUT2D eigenvalue weighted by atomic mass is 10.2. The minimum absolute atomic E-state index is 0.735. The summed E-state index contributed by atoms with van der Waals surface area (Å²) in [5.74, 6) is 2.28. The third kappa shape index (κ3) is 8.36. The Kier molecular flexibility index (Phi) is 19.9. The van der Waals surface area contributed by atoms with Gasteiger partial charge in [-0.3, -0.25) is 0 Å². The van der Waals surface area contributed by atoms with E-state index in [9.17, 15) is 0 Å². The number of ether oxygens (including phenoxy) is 3. The lowest BCUT2D eigenvalue weighted by Crippen LogP contribution is -1.94. The molecule has 0 aliphatic carbocycles. The molecule has 0 bridgehead atoms. The summed E-state index contributed by atoms with van der Waals surface area (Å²) in [6.45, 7) is 13.9. The molecule has 0 aliphatic rings. The van der Waals surface area contributed by atoms with Crippen LogP contribution in [-0.2, 0) is 0 Å². The van der Waals surface area contributed by atoms with Crippen molar-refractivity contribution in [1.29, 1.82) is 0 Å². The van der Waals surface area contributed by atoms with Crippen LogP contribution in [0.4, 0.5) is 0 Å². The van der Waals surface area contributed by atoms with Crippen LogP contribution in [0.2, 0.25) is 0 Å². The molecule has 0 atom stereocenters. The minimum atomic E-state index is 0.735. The fourth-order valence-corrected chi connectivity index (χ4v) is 1.18. The second-order valence-electron chi connectivity index (χ2n) is 2.66. The first-order chi connectivity index (χ1) is 9.22. The van der Waals surface area contributed by atoms with E-state index in [0.717, 1.165) is 22.8 Å². The molecule has 0 fully saturated rings. The topological polar surface area (TPSA) is 27.7 Å². The van der Waals surface area contributed by atoms with E-state index >= 15 is 0 Å². The van der Waals surface area contributed by atoms with E-state index < -0.39 is 0 Å². The van der Waals surface area contributed by atoms with Gasteiger partial charge in [0.1, 0.15) is 17.2 Å². The van der Waals surface area contributed by atoms with E-state index in [4.69, 9.17) is 14.2 Å². The first-order valence-electron chi connectivity index (χ1n) is 6.99. The van der Waals surface area contributed by atoms with Crippen LogP contribution in [-0.4, -0.2) is 21.3 Å². The summed E-state index contributed by atoms with van der Waals surface area (Å²) >= 11 is 0. The van der Waals surface area contributed by atoms with Crippen molar-refractivity contribution in [3.63, 3.8) is 0 Å². The van der Waals surface area contributed by atoms with Crippen LogP contribution in [0.5, 0.6) is 17.2 Å². The van der Waals surface area contributed by atoms with Gasteiger partial charge >= 0.3 is 0 Å². The Morgan fingerprint density at radius 3 is 1.16 bits per heavy atom. The standard InChI is InChI=1S/C10H14O3.3C2H6/c1-7-9(12-3)5-8(11-2)6-10(7)13-4;3*1-2/h5-6H,1-4H3;3*1-2H3. The zero-order valence-electron chi connectivity index (χ0n) is 14.4. The Balaban J connectivity index is -0.000000375. The smallest absolute Gasteiger partial charge is 0.129 e. The Bertz CT molecular complexity index is 271. The van der Waals surface area contributed by atoms with Gasteiger partial charge in [-0.15, -0.1) is 0 Å². The van der Waals surface area contributed by atoms with Gasteiger partial charge in [-0.05, 0) is 6.92 Å². The predicted octanol–water partition coefficient (Wildman–Crippen LogP) is 5.10. The summed E-state index contributed by atoms with van der Waals surface area (Å²) in [6.07, 6.45) is 0. The number of hydrogen-bond donors (Lipinski definition) is 0. The average molecular weight is 272 g/mol. The van der Waals surface area contributed by atoms with Crippen LogP contribution >= 0.6 is 0 Å². The molecule has 0 saturated carbocycles. The third-order valence-corrected chi connectivity index (χ3v) is 1.96. The van der Waals surface area contributed by atoms with Crippen molar-refractivity contribution in [2.45, 2.75) is 48.5 Å². The Morgan fingerprint density at radius 2 is 0.947 bits per heavy atom. The van der Waals surface area contributed by atoms with Gasteiger partial charge in [0, 0.05) is 17.7 Å². The monoisotopic (exact) mass is 272 g/mol. The molecule has 19 heavy (non-hydrogen) atoms. The van der Waals surface area contributed by atoms with Gasteiger partial charge in [-0.2, -0.15) is 0 Å². The number of benzene rings is 1. The van der Waals surface area contributed by atoms with Crippen LogP contribution in [0.1, 0.15) is 47.1 Å². The summed E-state index contributed by atoms with van der Waals surface area (Å²) < 4.78 is 15.4. The first-order valence-corrected chi connectivity index (χ1v) is 6.99. The molecule has 3 heteroatoms. The molecule has 3 nitrogen and oxygen atoms in total. The fraction of sp³-hybridized carbons (Fsp3) is 0.625. The zero-order chi connectivity index (χ0) is 15.8. The van der Waals surface area contributed by atoms with E-state index in [-0.39, 0.29) is 0 Å². The second-order valence-corrected chi connectivity index (χ2v) is 2.66.